The number of fused-ring (bicyclic) bond motifs is 1. The Bertz CT molecular complexity index is 1030. The van der Waals surface area contributed by atoms with Crippen LogP contribution in [0.2, 0.25) is 0 Å². The third kappa shape index (κ3) is 4.74. The molecule has 30 heavy (non-hydrogen) atoms. The molecular formula is C20H23F3N6O. The molecule has 0 unspecified atom stereocenters. The van der Waals surface area contributed by atoms with Gasteiger partial charge in [-0.05, 0) is 44.9 Å². The van der Waals surface area contributed by atoms with Gasteiger partial charge in [-0.1, -0.05) is 6.07 Å². The molecule has 7 nitrogen and oxygen atoms in total. The van der Waals surface area contributed by atoms with Crippen molar-refractivity contribution >= 4 is 11.7 Å². The molecule has 0 N–H and O–H groups in total. The van der Waals surface area contributed by atoms with E-state index >= 15 is 0 Å². The van der Waals surface area contributed by atoms with E-state index in [1.807, 2.05) is 25.1 Å². The number of aryl methyl sites for hydroxylation is 2. The molecule has 0 radical (unpaired) electrons. The zero-order chi connectivity index (χ0) is 21.9. The predicted octanol–water partition coefficient (Wildman–Crippen LogP) is 3.18. The number of likely N-dealkylation sites (N-methyl/N-ethyl adjacent to an activating group) is 1. The van der Waals surface area contributed by atoms with Crippen molar-refractivity contribution in [2.75, 3.05) is 13.1 Å². The molecule has 1 amide bonds. The van der Waals surface area contributed by atoms with E-state index in [-0.39, 0.29) is 18.1 Å². The highest BCUT2D eigenvalue weighted by Gasteiger charge is 2.37. The molecule has 0 spiro atoms. The number of hydrogen-bond donors (Lipinski definition) is 0. The summed E-state index contributed by atoms with van der Waals surface area (Å²) in [7, 11) is 0. The first kappa shape index (κ1) is 21.7. The zero-order valence-electron chi connectivity index (χ0n) is 17.1. The van der Waals surface area contributed by atoms with Crippen LogP contribution in [0.1, 0.15) is 41.8 Å². The van der Waals surface area contributed by atoms with E-state index in [2.05, 4.69) is 20.1 Å². The third-order valence-corrected chi connectivity index (χ3v) is 4.99. The SMILES string of the molecule is CCN(CCc1ccccn1)C(=O)CCc1c(C)nc2nc(C(F)(F)F)nn2c1C. The maximum absolute atomic E-state index is 12.9. The molecule has 0 aliphatic rings. The van der Waals surface area contributed by atoms with Crippen LogP contribution in [-0.4, -0.2) is 48.5 Å². The third-order valence-electron chi connectivity index (χ3n) is 4.99. The molecule has 10 heteroatoms. The maximum atomic E-state index is 12.9. The average molecular weight is 420 g/mol. The minimum atomic E-state index is -4.64. The van der Waals surface area contributed by atoms with Gasteiger partial charge >= 0.3 is 6.18 Å². The Hall–Kier alpha value is -3.04. The van der Waals surface area contributed by atoms with E-state index in [1.54, 1.807) is 24.9 Å². The Morgan fingerprint density at radius 2 is 1.93 bits per heavy atom. The van der Waals surface area contributed by atoms with E-state index in [4.69, 9.17) is 0 Å². The zero-order valence-corrected chi connectivity index (χ0v) is 17.1. The summed E-state index contributed by atoms with van der Waals surface area (Å²) in [5.41, 5.74) is 2.67. The van der Waals surface area contributed by atoms with Crippen LogP contribution in [0, 0.1) is 13.8 Å². The highest BCUT2D eigenvalue weighted by Crippen LogP contribution is 2.27. The topological polar surface area (TPSA) is 76.3 Å². The second kappa shape index (κ2) is 8.76. The Kier molecular flexibility index (Phi) is 6.33. The monoisotopic (exact) mass is 420 g/mol. The lowest BCUT2D eigenvalue weighted by Crippen LogP contribution is -2.33. The highest BCUT2D eigenvalue weighted by molar-refractivity contribution is 5.76. The second-order valence-corrected chi connectivity index (χ2v) is 6.95. The molecule has 0 aromatic carbocycles. The number of amides is 1. The van der Waals surface area contributed by atoms with E-state index in [9.17, 15) is 18.0 Å². The molecule has 0 bridgehead atoms. The van der Waals surface area contributed by atoms with Crippen molar-refractivity contribution in [3.63, 3.8) is 0 Å². The van der Waals surface area contributed by atoms with Crippen molar-refractivity contribution in [2.24, 2.45) is 0 Å². The summed E-state index contributed by atoms with van der Waals surface area (Å²) in [6.45, 7) is 6.40. The Morgan fingerprint density at radius 3 is 2.57 bits per heavy atom. The first-order chi connectivity index (χ1) is 14.2. The lowest BCUT2D eigenvalue weighted by molar-refractivity contribution is -0.144. The molecule has 0 aliphatic carbocycles. The van der Waals surface area contributed by atoms with E-state index in [0.29, 0.717) is 42.9 Å². The molecular weight excluding hydrogens is 397 g/mol. The Labute approximate surface area is 172 Å². The summed E-state index contributed by atoms with van der Waals surface area (Å²) >= 11 is 0. The van der Waals surface area contributed by atoms with E-state index in [0.717, 1.165) is 10.2 Å². The quantitative estimate of drug-likeness (QED) is 0.587. The number of nitrogens with zero attached hydrogens (tertiary/aromatic N) is 6. The number of pyridine rings is 1. The summed E-state index contributed by atoms with van der Waals surface area (Å²) in [4.78, 5) is 26.3. The van der Waals surface area contributed by atoms with Crippen LogP contribution in [0.4, 0.5) is 13.2 Å². The van der Waals surface area contributed by atoms with Gasteiger partial charge in [0.15, 0.2) is 0 Å². The number of alkyl halides is 3. The summed E-state index contributed by atoms with van der Waals surface area (Å²) in [5.74, 6) is -1.35. The van der Waals surface area contributed by atoms with Crippen LogP contribution in [0.5, 0.6) is 0 Å². The number of carbonyl (C=O) groups excluding carboxylic acids is 1. The normalized spacial score (nSPS) is 11.8. The minimum absolute atomic E-state index is 0.0260. The van der Waals surface area contributed by atoms with Gasteiger partial charge in [0.05, 0.1) is 0 Å². The lowest BCUT2D eigenvalue weighted by atomic mass is 10.1. The number of halogens is 3. The second-order valence-electron chi connectivity index (χ2n) is 6.95. The molecule has 3 aromatic rings. The van der Waals surface area contributed by atoms with Gasteiger partial charge in [0.25, 0.3) is 11.6 Å². The fourth-order valence-corrected chi connectivity index (χ4v) is 3.33. The lowest BCUT2D eigenvalue weighted by Gasteiger charge is -2.21. The van der Waals surface area contributed by atoms with Crippen LogP contribution < -0.4 is 0 Å². The van der Waals surface area contributed by atoms with Crippen molar-refractivity contribution in [1.29, 1.82) is 0 Å². The summed E-state index contributed by atoms with van der Waals surface area (Å²) in [6, 6.07) is 5.66. The highest BCUT2D eigenvalue weighted by atomic mass is 19.4. The minimum Gasteiger partial charge on any atom is -0.343 e. The van der Waals surface area contributed by atoms with Crippen molar-refractivity contribution < 1.29 is 18.0 Å². The van der Waals surface area contributed by atoms with Crippen molar-refractivity contribution in [3.8, 4) is 0 Å². The summed E-state index contributed by atoms with van der Waals surface area (Å²) < 4.78 is 39.8. The van der Waals surface area contributed by atoms with Gasteiger partial charge < -0.3 is 4.90 Å². The van der Waals surface area contributed by atoms with Crippen LogP contribution in [0.25, 0.3) is 5.78 Å². The first-order valence-corrected chi connectivity index (χ1v) is 9.68. The smallest absolute Gasteiger partial charge is 0.343 e. The first-order valence-electron chi connectivity index (χ1n) is 9.68. The average Bonchev–Trinajstić information content (AvgIpc) is 3.14. The van der Waals surface area contributed by atoms with Crippen LogP contribution in [0.3, 0.4) is 0 Å². The predicted molar refractivity (Wildman–Crippen MR) is 104 cm³/mol. The van der Waals surface area contributed by atoms with Gasteiger partial charge in [-0.15, -0.1) is 5.10 Å². The van der Waals surface area contributed by atoms with Crippen molar-refractivity contribution in [1.82, 2.24) is 29.5 Å². The van der Waals surface area contributed by atoms with Gasteiger partial charge in [-0.25, -0.2) is 9.50 Å². The van der Waals surface area contributed by atoms with Crippen molar-refractivity contribution in [3.05, 3.63) is 52.9 Å². The molecule has 0 aliphatic heterocycles. The fourth-order valence-electron chi connectivity index (χ4n) is 3.33. The van der Waals surface area contributed by atoms with Crippen LogP contribution in [-0.2, 0) is 23.8 Å². The van der Waals surface area contributed by atoms with Gasteiger partial charge in [-0.2, -0.15) is 18.2 Å². The molecule has 3 rings (SSSR count). The Balaban J connectivity index is 1.71. The molecule has 0 saturated heterocycles. The fraction of sp³-hybridized carbons (Fsp3) is 0.450. The molecule has 160 valence electrons. The standard InChI is InChI=1S/C20H23F3N6O/c1-4-28(12-10-15-7-5-6-11-24-15)17(30)9-8-16-13(2)25-19-26-18(20(21,22)23)27-29(19)14(16)3/h5-7,11H,4,8-10,12H2,1-3H3. The summed E-state index contributed by atoms with van der Waals surface area (Å²) in [6.07, 6.45) is -1.67. The number of aromatic nitrogens is 5. The largest absolute Gasteiger partial charge is 0.453 e. The summed E-state index contributed by atoms with van der Waals surface area (Å²) in [5, 5.41) is 3.54. The molecule has 0 atom stereocenters. The van der Waals surface area contributed by atoms with Gasteiger partial charge in [0.1, 0.15) is 0 Å². The Morgan fingerprint density at radius 1 is 1.17 bits per heavy atom. The van der Waals surface area contributed by atoms with Gasteiger partial charge in [-0.3, -0.25) is 9.78 Å². The van der Waals surface area contributed by atoms with Crippen LogP contribution >= 0.6 is 0 Å². The molecule has 0 fully saturated rings. The molecule has 3 heterocycles. The molecule has 0 saturated carbocycles. The number of hydrogen-bond acceptors (Lipinski definition) is 5. The van der Waals surface area contributed by atoms with Gasteiger partial charge in [0, 0.05) is 49.2 Å². The van der Waals surface area contributed by atoms with Crippen LogP contribution in [0.15, 0.2) is 24.4 Å². The van der Waals surface area contributed by atoms with E-state index in [1.165, 1.54) is 0 Å². The molecule has 3 aromatic heterocycles. The number of carbonyl (C=O) groups is 1. The van der Waals surface area contributed by atoms with Gasteiger partial charge in [0.2, 0.25) is 5.91 Å². The number of rotatable bonds is 7. The van der Waals surface area contributed by atoms with Crippen molar-refractivity contribution in [2.45, 2.75) is 46.2 Å². The maximum Gasteiger partial charge on any atom is 0.453 e. The van der Waals surface area contributed by atoms with E-state index < -0.39 is 12.0 Å².